The molecule has 0 saturated carbocycles. The average molecular weight is 361 g/mol. The lowest BCUT2D eigenvalue weighted by atomic mass is 10.0. The molecule has 0 unspecified atom stereocenters. The number of carbonyl (C=O) groups is 1. The molecule has 0 spiro atoms. The zero-order chi connectivity index (χ0) is 18.9. The molecule has 2 amide bonds. The van der Waals surface area contributed by atoms with Gasteiger partial charge in [-0.2, -0.15) is 0 Å². The lowest BCUT2D eigenvalue weighted by Crippen LogP contribution is -2.48. The maximum Gasteiger partial charge on any atom is 0.315 e. The van der Waals surface area contributed by atoms with Crippen molar-refractivity contribution in [3.63, 3.8) is 0 Å². The molecule has 1 aromatic rings. The molecule has 1 heterocycles. The summed E-state index contributed by atoms with van der Waals surface area (Å²) in [4.78, 5) is 14.5. The van der Waals surface area contributed by atoms with Crippen LogP contribution in [0.1, 0.15) is 25.3 Å². The summed E-state index contributed by atoms with van der Waals surface area (Å²) in [6.07, 6.45) is 2.71. The van der Waals surface area contributed by atoms with Crippen molar-refractivity contribution in [3.05, 3.63) is 35.9 Å². The Morgan fingerprint density at radius 3 is 2.54 bits per heavy atom. The van der Waals surface area contributed by atoms with Gasteiger partial charge < -0.3 is 20.1 Å². The van der Waals surface area contributed by atoms with Crippen LogP contribution in [-0.4, -0.2) is 57.4 Å². The van der Waals surface area contributed by atoms with Gasteiger partial charge in [0, 0.05) is 32.2 Å². The van der Waals surface area contributed by atoms with Crippen molar-refractivity contribution in [1.82, 2.24) is 15.5 Å². The Morgan fingerprint density at radius 2 is 1.92 bits per heavy atom. The average Bonchev–Trinajstić information content (AvgIpc) is 2.62. The van der Waals surface area contributed by atoms with E-state index in [1.54, 1.807) is 14.2 Å². The van der Waals surface area contributed by atoms with Crippen molar-refractivity contribution < 1.29 is 14.3 Å². The van der Waals surface area contributed by atoms with Crippen LogP contribution in [0.25, 0.3) is 0 Å². The van der Waals surface area contributed by atoms with E-state index in [4.69, 9.17) is 9.47 Å². The summed E-state index contributed by atoms with van der Waals surface area (Å²) in [6, 6.07) is 5.96. The van der Waals surface area contributed by atoms with Crippen molar-refractivity contribution in [2.75, 3.05) is 40.4 Å². The number of likely N-dealkylation sites (tertiary alicyclic amines) is 1. The third-order valence-electron chi connectivity index (χ3n) is 4.56. The van der Waals surface area contributed by atoms with Crippen LogP contribution >= 0.6 is 0 Å². The predicted octanol–water partition coefficient (Wildman–Crippen LogP) is 2.59. The summed E-state index contributed by atoms with van der Waals surface area (Å²) < 4.78 is 10.5. The molecule has 144 valence electrons. The fraction of sp³-hybridized carbons (Fsp3) is 0.550. The van der Waals surface area contributed by atoms with Gasteiger partial charge in [-0.1, -0.05) is 18.2 Å². The molecule has 0 aromatic heterocycles. The van der Waals surface area contributed by atoms with E-state index in [-0.39, 0.29) is 12.1 Å². The Labute approximate surface area is 156 Å². The zero-order valence-electron chi connectivity index (χ0n) is 16.1. The number of ether oxygens (including phenoxy) is 2. The normalized spacial score (nSPS) is 15.3. The van der Waals surface area contributed by atoms with Crippen molar-refractivity contribution in [2.24, 2.45) is 0 Å². The molecule has 0 radical (unpaired) electrons. The Bertz CT molecular complexity index is 610. The summed E-state index contributed by atoms with van der Waals surface area (Å²) in [5, 5.41) is 6.01. The van der Waals surface area contributed by atoms with Crippen LogP contribution in [0, 0.1) is 0 Å². The lowest BCUT2D eigenvalue weighted by molar-refractivity contribution is 0.202. The van der Waals surface area contributed by atoms with E-state index in [0.717, 1.165) is 44.5 Å². The predicted molar refractivity (Wildman–Crippen MR) is 104 cm³/mol. The molecule has 0 aliphatic carbocycles. The quantitative estimate of drug-likeness (QED) is 0.699. The molecule has 1 aromatic carbocycles. The van der Waals surface area contributed by atoms with Crippen LogP contribution in [0.2, 0.25) is 0 Å². The monoisotopic (exact) mass is 361 g/mol. The van der Waals surface area contributed by atoms with Crippen molar-refractivity contribution in [3.8, 4) is 11.5 Å². The van der Waals surface area contributed by atoms with Crippen LogP contribution in [0.4, 0.5) is 4.79 Å². The Morgan fingerprint density at radius 1 is 1.23 bits per heavy atom. The van der Waals surface area contributed by atoms with Gasteiger partial charge in [-0.15, -0.1) is 0 Å². The fourth-order valence-electron chi connectivity index (χ4n) is 3.21. The van der Waals surface area contributed by atoms with Gasteiger partial charge >= 0.3 is 6.03 Å². The number of nitrogens with zero attached hydrogens (tertiary/aromatic N) is 1. The smallest absolute Gasteiger partial charge is 0.315 e. The molecule has 1 aliphatic rings. The van der Waals surface area contributed by atoms with Crippen molar-refractivity contribution >= 4 is 6.03 Å². The first kappa shape index (κ1) is 20.1. The molecule has 1 aliphatic heterocycles. The first-order valence-corrected chi connectivity index (χ1v) is 9.13. The SMILES string of the molecule is C=C(C)CN1CCC(NC(=O)NCCc2ccc(OC)c(OC)c2)CC1. The lowest BCUT2D eigenvalue weighted by Gasteiger charge is -2.32. The maximum absolute atomic E-state index is 12.1. The van der Waals surface area contributed by atoms with Crippen LogP contribution in [0.15, 0.2) is 30.4 Å². The highest BCUT2D eigenvalue weighted by Gasteiger charge is 2.20. The molecular formula is C20H31N3O3. The first-order valence-electron chi connectivity index (χ1n) is 9.13. The van der Waals surface area contributed by atoms with E-state index in [2.05, 4.69) is 29.0 Å². The first-order chi connectivity index (χ1) is 12.5. The standard InChI is InChI=1S/C20H31N3O3/c1-15(2)14-23-11-8-17(9-12-23)22-20(24)21-10-7-16-5-6-18(25-3)19(13-16)26-4/h5-6,13,17H,1,7-12,14H2,2-4H3,(H2,21,22,24). The van der Waals surface area contributed by atoms with Crippen LogP contribution in [0.5, 0.6) is 11.5 Å². The third kappa shape index (κ3) is 6.26. The number of benzene rings is 1. The second-order valence-corrected chi connectivity index (χ2v) is 6.85. The largest absolute Gasteiger partial charge is 0.493 e. The highest BCUT2D eigenvalue weighted by atomic mass is 16.5. The number of nitrogens with one attached hydrogen (secondary N) is 2. The van der Waals surface area contributed by atoms with E-state index in [1.807, 2.05) is 18.2 Å². The van der Waals surface area contributed by atoms with Crippen LogP contribution in [0.3, 0.4) is 0 Å². The maximum atomic E-state index is 12.1. The van der Waals surface area contributed by atoms with Gasteiger partial charge in [0.15, 0.2) is 11.5 Å². The Balaban J connectivity index is 1.69. The minimum atomic E-state index is -0.0937. The number of methoxy groups -OCH3 is 2. The minimum absolute atomic E-state index is 0.0937. The molecule has 2 N–H and O–H groups in total. The van der Waals surface area contributed by atoms with Gasteiger partial charge in [0.2, 0.25) is 0 Å². The Hall–Kier alpha value is -2.21. The highest BCUT2D eigenvalue weighted by Crippen LogP contribution is 2.27. The molecular weight excluding hydrogens is 330 g/mol. The highest BCUT2D eigenvalue weighted by molar-refractivity contribution is 5.74. The Kier molecular flexibility index (Phi) is 7.78. The zero-order valence-corrected chi connectivity index (χ0v) is 16.1. The topological polar surface area (TPSA) is 62.8 Å². The molecule has 26 heavy (non-hydrogen) atoms. The molecule has 2 rings (SSSR count). The second-order valence-electron chi connectivity index (χ2n) is 6.85. The van der Waals surface area contributed by atoms with Crippen LogP contribution in [-0.2, 0) is 6.42 Å². The van der Waals surface area contributed by atoms with Gasteiger partial charge in [0.05, 0.1) is 14.2 Å². The van der Waals surface area contributed by atoms with Crippen LogP contribution < -0.4 is 20.1 Å². The van der Waals surface area contributed by atoms with Gasteiger partial charge in [-0.3, -0.25) is 4.90 Å². The summed E-state index contributed by atoms with van der Waals surface area (Å²) in [5.74, 6) is 1.41. The summed E-state index contributed by atoms with van der Waals surface area (Å²) in [6.45, 7) is 9.55. The summed E-state index contributed by atoms with van der Waals surface area (Å²) in [5.41, 5.74) is 2.28. The number of amides is 2. The van der Waals surface area contributed by atoms with Gasteiger partial charge in [-0.05, 0) is 43.9 Å². The molecule has 6 nitrogen and oxygen atoms in total. The van der Waals surface area contributed by atoms with E-state index < -0.39 is 0 Å². The minimum Gasteiger partial charge on any atom is -0.493 e. The number of hydrogen-bond acceptors (Lipinski definition) is 4. The van der Waals surface area contributed by atoms with Gasteiger partial charge in [0.1, 0.15) is 0 Å². The van der Waals surface area contributed by atoms with E-state index >= 15 is 0 Å². The molecule has 1 saturated heterocycles. The summed E-state index contributed by atoms with van der Waals surface area (Å²) >= 11 is 0. The van der Waals surface area contributed by atoms with Gasteiger partial charge in [-0.25, -0.2) is 4.79 Å². The number of rotatable bonds is 8. The number of carbonyl (C=O) groups excluding carboxylic acids is 1. The van der Waals surface area contributed by atoms with Crippen molar-refractivity contribution in [2.45, 2.75) is 32.2 Å². The van der Waals surface area contributed by atoms with E-state index in [1.165, 1.54) is 5.57 Å². The molecule has 1 fully saturated rings. The van der Waals surface area contributed by atoms with E-state index in [9.17, 15) is 4.79 Å². The molecule has 0 bridgehead atoms. The summed E-state index contributed by atoms with van der Waals surface area (Å²) in [7, 11) is 3.24. The number of piperidine rings is 1. The number of urea groups is 1. The van der Waals surface area contributed by atoms with Gasteiger partial charge in [0.25, 0.3) is 0 Å². The third-order valence-corrected chi connectivity index (χ3v) is 4.56. The molecule has 0 atom stereocenters. The fourth-order valence-corrected chi connectivity index (χ4v) is 3.21. The number of hydrogen-bond donors (Lipinski definition) is 2. The second kappa shape index (κ2) is 10.1. The molecule has 6 heteroatoms. The van der Waals surface area contributed by atoms with Crippen molar-refractivity contribution in [1.29, 1.82) is 0 Å². The van der Waals surface area contributed by atoms with E-state index in [0.29, 0.717) is 18.0 Å².